The van der Waals surface area contributed by atoms with E-state index in [4.69, 9.17) is 83.5 Å². The summed E-state index contributed by atoms with van der Waals surface area (Å²) in [5.74, 6) is 0. The highest BCUT2D eigenvalue weighted by Crippen LogP contribution is 2.66. The van der Waals surface area contributed by atoms with E-state index >= 15 is 0 Å². The summed E-state index contributed by atoms with van der Waals surface area (Å²) in [6.45, 7) is 31.7. The topological polar surface area (TPSA) is 185 Å². The van der Waals surface area contributed by atoms with Gasteiger partial charge in [-0.2, -0.15) is 0 Å². The normalized spacial score (nSPS) is 47.8. The molecule has 8 aliphatic heterocycles. The van der Waals surface area contributed by atoms with Crippen LogP contribution in [0.2, 0.25) is 105 Å². The lowest BCUT2D eigenvalue weighted by Gasteiger charge is -2.60. The zero-order chi connectivity index (χ0) is 39.8. The molecule has 0 aliphatic carbocycles. The maximum absolute atomic E-state index is 7.60. The lowest BCUT2D eigenvalue weighted by molar-refractivity contribution is -0.230. The van der Waals surface area contributed by atoms with E-state index in [1.54, 1.807) is 0 Å². The van der Waals surface area contributed by atoms with Crippen LogP contribution in [-0.4, -0.2) is 154 Å². The molecule has 8 heterocycles. The molecule has 54 heavy (non-hydrogen) atoms. The molecule has 9 bridgehead atoms. The van der Waals surface area contributed by atoms with Crippen molar-refractivity contribution in [1.29, 1.82) is 0 Å². The van der Waals surface area contributed by atoms with Crippen LogP contribution in [0.25, 0.3) is 0 Å². The van der Waals surface area contributed by atoms with Crippen molar-refractivity contribution in [3.63, 3.8) is 0 Å². The quantitative estimate of drug-likeness (QED) is 0.188. The molecule has 0 N–H and O–H groups in total. The highest BCUT2D eigenvalue weighted by atomic mass is 28.6. The molecular formula is C18H56O20Si16. The third-order valence-corrected chi connectivity index (χ3v) is 61.3. The van der Waals surface area contributed by atoms with Gasteiger partial charge < -0.3 is 83.5 Å². The lowest BCUT2D eigenvalue weighted by atomic mass is 11.4. The van der Waals surface area contributed by atoms with Crippen LogP contribution in [0.3, 0.4) is 0 Å². The van der Waals surface area contributed by atoms with Gasteiger partial charge in [0.2, 0.25) is 5.03 Å². The fourth-order valence-electron chi connectivity index (χ4n) is 6.92. The maximum atomic E-state index is 7.60. The van der Waals surface area contributed by atoms with Crippen molar-refractivity contribution < 1.29 is 83.5 Å². The molecule has 0 aromatic carbocycles. The van der Waals surface area contributed by atoms with Crippen LogP contribution < -0.4 is 0 Å². The fraction of sp³-hybridized carbons (Fsp3) is 1.00. The first-order valence-electron chi connectivity index (χ1n) is 18.7. The van der Waals surface area contributed by atoms with Crippen LogP contribution in [0.1, 0.15) is 0 Å². The zero-order valence-electron chi connectivity index (χ0n) is 33.8. The second kappa shape index (κ2) is 14.6. The van der Waals surface area contributed by atoms with Crippen molar-refractivity contribution in [2.75, 3.05) is 0 Å². The van der Waals surface area contributed by atoms with E-state index in [0.29, 0.717) is 0 Å². The van der Waals surface area contributed by atoms with Crippen LogP contribution >= 0.6 is 0 Å². The van der Waals surface area contributed by atoms with Gasteiger partial charge in [-0.3, -0.25) is 0 Å². The van der Waals surface area contributed by atoms with Gasteiger partial charge in [0, 0.05) is 0 Å². The fourth-order valence-corrected chi connectivity index (χ4v) is 76.3. The predicted molar refractivity (Wildman–Crippen MR) is 224 cm³/mol. The molecule has 8 unspecified atom stereocenters. The first-order valence-corrected chi connectivity index (χ1v) is 54.4. The van der Waals surface area contributed by atoms with Gasteiger partial charge in [0.1, 0.15) is 8.80 Å². The Bertz CT molecular complexity index is 1450. The smallest absolute Gasteiger partial charge is 0.417 e. The van der Waals surface area contributed by atoms with Crippen molar-refractivity contribution in [3.8, 4) is 0 Å². The monoisotopic (exact) mass is 1040 g/mol. The number of hydrogen-bond donors (Lipinski definition) is 0. The SMILES string of the molecule is C[SiH](C)O[Si]12OC34O[Si]5(O[SiH](C)C)O[Si](O[SiH](C)C)(O1)O[Si]1(O[SiH](C)C)O[Si](O[SiH](C)C)(O2)O[Si](O[SiH](C)C)(O[Si]3(O[SiH](C)C)O5)C2([SiH](C)C)O[Si]4(O2)O1. The second-order valence-corrected chi connectivity index (χ2v) is 60.0. The summed E-state index contributed by atoms with van der Waals surface area (Å²) in [6.07, 6.45) is 0. The van der Waals surface area contributed by atoms with Gasteiger partial charge in [0.05, 0.1) is 0 Å². The molecule has 0 amide bonds. The average molecular weight is 1040 g/mol. The maximum Gasteiger partial charge on any atom is 0.659 e. The van der Waals surface area contributed by atoms with E-state index < -0.39 is 154 Å². The molecule has 8 fully saturated rings. The molecule has 1 spiro atoms. The van der Waals surface area contributed by atoms with Crippen molar-refractivity contribution in [1.82, 2.24) is 0 Å². The number of rotatable bonds is 15. The van der Waals surface area contributed by atoms with Crippen LogP contribution in [0.15, 0.2) is 0 Å². The molecule has 36 heteroatoms. The Hall–Kier alpha value is 2.67. The predicted octanol–water partition coefficient (Wildman–Crippen LogP) is -0.672. The van der Waals surface area contributed by atoms with Gasteiger partial charge in [-0.05, 0) is 91.7 Å². The summed E-state index contributed by atoms with van der Waals surface area (Å²) < 4.78 is 144. The summed E-state index contributed by atoms with van der Waals surface area (Å²) in [5, 5.41) is -3.86. The first kappa shape index (κ1) is 44.7. The Morgan fingerprint density at radius 1 is 0.315 bits per heavy atom. The van der Waals surface area contributed by atoms with Gasteiger partial charge in [-0.15, -0.1) is 0 Å². The standard InChI is InChI=1S/C18H56O20Si16/c1-39(2)17-19-48(20-17)18-21-50(25-42(7)8)33-49(18,24-41(5)6)30-47(17,23-40(3)4)31-52(27-44(11)12)35-51(22-18,26-43(9)10)36-54(34-50,29-46(15)16)38-53(32-48,37-52)28-45(13)14/h39-46H,1-16H3. The van der Waals surface area contributed by atoms with Gasteiger partial charge in [0.15, 0.2) is 63.3 Å². The molecule has 0 aromatic heterocycles. The Kier molecular flexibility index (Phi) is 12.1. The van der Waals surface area contributed by atoms with Gasteiger partial charge in [-0.1, -0.05) is 13.1 Å². The Morgan fingerprint density at radius 2 is 0.630 bits per heavy atom. The number of fused-ring (bicyclic) bond motifs is 3. The minimum atomic E-state index is -4.87. The third kappa shape index (κ3) is 7.12. The van der Waals surface area contributed by atoms with E-state index in [1.807, 2.05) is 91.7 Å². The van der Waals surface area contributed by atoms with Crippen molar-refractivity contribution in [3.05, 3.63) is 0 Å². The largest absolute Gasteiger partial charge is 0.659 e. The highest BCUT2D eigenvalue weighted by molar-refractivity contribution is 7.08. The van der Waals surface area contributed by atoms with Crippen LogP contribution in [0.4, 0.5) is 0 Å². The second-order valence-electron chi connectivity index (χ2n) is 16.1. The molecule has 8 saturated heterocycles. The first-order chi connectivity index (χ1) is 24.8. The molecule has 8 atom stereocenters. The van der Waals surface area contributed by atoms with Crippen LogP contribution in [0, 0.1) is 0 Å². The van der Waals surface area contributed by atoms with Crippen LogP contribution in [-0.2, 0) is 83.5 Å². The Morgan fingerprint density at radius 3 is 1.04 bits per heavy atom. The van der Waals surface area contributed by atoms with Crippen LogP contribution in [0.5, 0.6) is 0 Å². The summed E-state index contributed by atoms with van der Waals surface area (Å²) in [4.78, 5) is 0. The van der Waals surface area contributed by atoms with Gasteiger partial charge in [0.25, 0.3) is 5.03 Å². The number of hydrogen-bond acceptors (Lipinski definition) is 20. The third-order valence-electron chi connectivity index (χ3n) is 8.08. The Labute approximate surface area is 339 Å². The van der Waals surface area contributed by atoms with E-state index in [2.05, 4.69) is 13.1 Å². The molecule has 8 aliphatic rings. The minimum absolute atomic E-state index is 1.56. The lowest BCUT2D eigenvalue weighted by Crippen LogP contribution is -2.91. The average Bonchev–Trinajstić information content (AvgIpc) is 3.15. The van der Waals surface area contributed by atoms with E-state index in [1.165, 1.54) is 0 Å². The molecule has 312 valence electrons. The molecule has 20 nitrogen and oxygen atoms in total. The summed E-state index contributed by atoms with van der Waals surface area (Å²) in [6, 6.07) is 0. The molecule has 0 radical (unpaired) electrons. The van der Waals surface area contributed by atoms with E-state index in [9.17, 15) is 0 Å². The zero-order valence-corrected chi connectivity index (χ0v) is 51.0. The van der Waals surface area contributed by atoms with Crippen molar-refractivity contribution >= 4 is 144 Å². The van der Waals surface area contributed by atoms with Crippen molar-refractivity contribution in [2.45, 2.75) is 115 Å². The van der Waals surface area contributed by atoms with Crippen molar-refractivity contribution in [2.24, 2.45) is 0 Å². The van der Waals surface area contributed by atoms with E-state index in [-0.39, 0.29) is 0 Å². The minimum Gasteiger partial charge on any atom is -0.417 e. The molecular weight excluding hydrogens is 986 g/mol. The summed E-state index contributed by atoms with van der Waals surface area (Å²) in [5.41, 5.74) is 0. The molecule has 8 rings (SSSR count). The molecule has 0 saturated carbocycles. The van der Waals surface area contributed by atoms with E-state index in [0.717, 1.165) is 0 Å². The summed E-state index contributed by atoms with van der Waals surface area (Å²) in [7, 11) is -55.5. The molecule has 0 aromatic rings. The van der Waals surface area contributed by atoms with Gasteiger partial charge >= 0.3 is 71.7 Å². The van der Waals surface area contributed by atoms with Gasteiger partial charge in [-0.25, -0.2) is 0 Å². The highest BCUT2D eigenvalue weighted by Gasteiger charge is 3.06. The summed E-state index contributed by atoms with van der Waals surface area (Å²) >= 11 is 0. The Balaban J connectivity index is 1.69.